The second kappa shape index (κ2) is 4.58. The molecule has 0 fully saturated rings. The summed E-state index contributed by atoms with van der Waals surface area (Å²) in [5, 5.41) is 0. The predicted octanol–water partition coefficient (Wildman–Crippen LogP) is 3.92. The molecule has 0 aromatic rings. The summed E-state index contributed by atoms with van der Waals surface area (Å²) >= 11 is 0. The number of hydrogen-bond acceptors (Lipinski definition) is 0. The van der Waals surface area contributed by atoms with Crippen LogP contribution in [-0.2, 0) is 0 Å². The number of rotatable bonds is 2. The Balaban J connectivity index is 2.37. The van der Waals surface area contributed by atoms with Gasteiger partial charge in [-0.3, -0.25) is 0 Å². The van der Waals surface area contributed by atoms with Crippen LogP contribution in [-0.4, -0.2) is 0 Å². The molecule has 11 heavy (non-hydrogen) atoms. The lowest BCUT2D eigenvalue weighted by Gasteiger charge is -2.09. The summed E-state index contributed by atoms with van der Waals surface area (Å²) in [5.41, 5.74) is 1.70. The average molecular weight is 152 g/mol. The van der Waals surface area contributed by atoms with Crippen molar-refractivity contribution in [3.8, 4) is 0 Å². The van der Waals surface area contributed by atoms with Gasteiger partial charge in [-0.1, -0.05) is 31.9 Å². The van der Waals surface area contributed by atoms with Crippen LogP contribution < -0.4 is 0 Å². The van der Waals surface area contributed by atoms with Crippen LogP contribution in [0, 0.1) is 5.92 Å². The van der Waals surface area contributed by atoms with Crippen molar-refractivity contribution in [1.29, 1.82) is 0 Å². The van der Waals surface area contributed by atoms with Gasteiger partial charge >= 0.3 is 0 Å². The topological polar surface area (TPSA) is 0 Å². The first-order valence-corrected chi connectivity index (χ1v) is 5.04. The van der Waals surface area contributed by atoms with Gasteiger partial charge in [-0.25, -0.2) is 0 Å². The molecule has 64 valence electrons. The second-order valence-electron chi connectivity index (χ2n) is 3.61. The Morgan fingerprint density at radius 3 is 2.82 bits per heavy atom. The fraction of sp³-hybridized carbons (Fsp3) is 0.818. The van der Waals surface area contributed by atoms with Gasteiger partial charge in [0.05, 0.1) is 0 Å². The molecule has 0 aromatic carbocycles. The normalized spacial score (nSPS) is 26.0. The molecule has 1 atom stereocenters. The fourth-order valence-electron chi connectivity index (χ4n) is 1.89. The lowest BCUT2D eigenvalue weighted by atomic mass is 9.96. The highest BCUT2D eigenvalue weighted by atomic mass is 14.2. The van der Waals surface area contributed by atoms with Crippen LogP contribution >= 0.6 is 0 Å². The zero-order valence-electron chi connectivity index (χ0n) is 7.90. The van der Waals surface area contributed by atoms with Crippen molar-refractivity contribution in [1.82, 2.24) is 0 Å². The maximum atomic E-state index is 2.47. The third-order valence-corrected chi connectivity index (χ3v) is 2.91. The van der Waals surface area contributed by atoms with E-state index < -0.39 is 0 Å². The van der Waals surface area contributed by atoms with E-state index in [0.717, 1.165) is 5.92 Å². The molecule has 1 rings (SSSR count). The van der Waals surface area contributed by atoms with Crippen LogP contribution in [0.2, 0.25) is 0 Å². The van der Waals surface area contributed by atoms with E-state index >= 15 is 0 Å². The molecule has 0 radical (unpaired) electrons. The number of allylic oxidation sites excluding steroid dienone is 2. The summed E-state index contributed by atoms with van der Waals surface area (Å²) in [4.78, 5) is 0. The molecule has 0 nitrogen and oxygen atoms in total. The van der Waals surface area contributed by atoms with E-state index in [4.69, 9.17) is 0 Å². The maximum absolute atomic E-state index is 2.47. The molecule has 1 unspecified atom stereocenters. The minimum Gasteiger partial charge on any atom is -0.0853 e. The lowest BCUT2D eigenvalue weighted by Crippen LogP contribution is -1.95. The highest BCUT2D eigenvalue weighted by Crippen LogP contribution is 2.26. The van der Waals surface area contributed by atoms with Crippen molar-refractivity contribution >= 4 is 0 Å². The maximum Gasteiger partial charge on any atom is -0.0318 e. The molecule has 0 heteroatoms. The van der Waals surface area contributed by atoms with Crippen LogP contribution in [0.1, 0.15) is 52.4 Å². The molecule has 0 spiro atoms. The third-order valence-electron chi connectivity index (χ3n) is 2.91. The van der Waals surface area contributed by atoms with Crippen molar-refractivity contribution in [3.63, 3.8) is 0 Å². The molecular formula is C11H20. The van der Waals surface area contributed by atoms with Gasteiger partial charge in [-0.15, -0.1) is 0 Å². The highest BCUT2D eigenvalue weighted by Gasteiger charge is 2.09. The third kappa shape index (κ3) is 2.69. The predicted molar refractivity (Wildman–Crippen MR) is 50.6 cm³/mol. The number of hydrogen-bond donors (Lipinski definition) is 0. The second-order valence-corrected chi connectivity index (χ2v) is 3.61. The molecular weight excluding hydrogens is 132 g/mol. The molecule has 0 saturated carbocycles. The monoisotopic (exact) mass is 152 g/mol. The van der Waals surface area contributed by atoms with E-state index in [-0.39, 0.29) is 0 Å². The molecule has 0 amide bonds. The summed E-state index contributed by atoms with van der Waals surface area (Å²) in [6, 6.07) is 0. The SMILES string of the molecule is CCC1=CCCC(CC)CC1. The first kappa shape index (κ1) is 8.83. The van der Waals surface area contributed by atoms with Crippen LogP contribution in [0.15, 0.2) is 11.6 Å². The molecule has 0 saturated heterocycles. The van der Waals surface area contributed by atoms with Gasteiger partial charge in [0.2, 0.25) is 0 Å². The zero-order chi connectivity index (χ0) is 8.10. The summed E-state index contributed by atoms with van der Waals surface area (Å²) in [5.74, 6) is 1.01. The fourth-order valence-corrected chi connectivity index (χ4v) is 1.89. The van der Waals surface area contributed by atoms with Crippen molar-refractivity contribution < 1.29 is 0 Å². The Bertz CT molecular complexity index is 133. The van der Waals surface area contributed by atoms with E-state index in [1.807, 2.05) is 0 Å². The minimum absolute atomic E-state index is 1.01. The smallest absolute Gasteiger partial charge is 0.0318 e. The molecule has 0 aliphatic heterocycles. The molecule has 1 aliphatic carbocycles. The van der Waals surface area contributed by atoms with Gasteiger partial charge < -0.3 is 0 Å². The largest absolute Gasteiger partial charge is 0.0853 e. The summed E-state index contributed by atoms with van der Waals surface area (Å²) in [6.45, 7) is 4.60. The zero-order valence-corrected chi connectivity index (χ0v) is 7.90. The van der Waals surface area contributed by atoms with Crippen LogP contribution in [0.4, 0.5) is 0 Å². The van der Waals surface area contributed by atoms with Gasteiger partial charge in [0.15, 0.2) is 0 Å². The Labute approximate surface area is 70.7 Å². The molecule has 1 aliphatic rings. The van der Waals surface area contributed by atoms with Gasteiger partial charge in [0.25, 0.3) is 0 Å². The van der Waals surface area contributed by atoms with Crippen molar-refractivity contribution in [2.45, 2.75) is 52.4 Å². The quantitative estimate of drug-likeness (QED) is 0.526. The molecule has 0 N–H and O–H groups in total. The molecule has 0 bridgehead atoms. The Hall–Kier alpha value is -0.260. The lowest BCUT2D eigenvalue weighted by molar-refractivity contribution is 0.450. The summed E-state index contributed by atoms with van der Waals surface area (Å²) < 4.78 is 0. The molecule has 0 aromatic heterocycles. The van der Waals surface area contributed by atoms with Crippen molar-refractivity contribution in [2.24, 2.45) is 5.92 Å². The van der Waals surface area contributed by atoms with Crippen LogP contribution in [0.5, 0.6) is 0 Å². The highest BCUT2D eigenvalue weighted by molar-refractivity contribution is 5.03. The van der Waals surface area contributed by atoms with Crippen LogP contribution in [0.3, 0.4) is 0 Å². The summed E-state index contributed by atoms with van der Waals surface area (Å²) in [6.07, 6.45) is 10.7. The Kier molecular flexibility index (Phi) is 3.68. The van der Waals surface area contributed by atoms with E-state index in [1.165, 1.54) is 38.5 Å². The standard InChI is InChI=1S/C11H20/c1-3-10-6-5-7-11(4-2)9-8-10/h6,11H,3-5,7-9H2,1-2H3. The van der Waals surface area contributed by atoms with E-state index in [0.29, 0.717) is 0 Å². The van der Waals surface area contributed by atoms with Gasteiger partial charge in [0.1, 0.15) is 0 Å². The van der Waals surface area contributed by atoms with Crippen LogP contribution in [0.25, 0.3) is 0 Å². The van der Waals surface area contributed by atoms with Gasteiger partial charge in [-0.2, -0.15) is 0 Å². The van der Waals surface area contributed by atoms with E-state index in [2.05, 4.69) is 19.9 Å². The first-order valence-electron chi connectivity index (χ1n) is 5.04. The van der Waals surface area contributed by atoms with E-state index in [1.54, 1.807) is 5.57 Å². The Morgan fingerprint density at radius 1 is 1.36 bits per heavy atom. The van der Waals surface area contributed by atoms with Gasteiger partial charge in [-0.05, 0) is 38.0 Å². The average Bonchev–Trinajstić information content (AvgIpc) is 2.28. The van der Waals surface area contributed by atoms with Crippen molar-refractivity contribution in [2.75, 3.05) is 0 Å². The Morgan fingerprint density at radius 2 is 2.18 bits per heavy atom. The first-order chi connectivity index (χ1) is 5.36. The molecule has 0 heterocycles. The van der Waals surface area contributed by atoms with Crippen molar-refractivity contribution in [3.05, 3.63) is 11.6 Å². The minimum atomic E-state index is 1.01. The summed E-state index contributed by atoms with van der Waals surface area (Å²) in [7, 11) is 0. The van der Waals surface area contributed by atoms with E-state index in [9.17, 15) is 0 Å². The van der Waals surface area contributed by atoms with Gasteiger partial charge in [0, 0.05) is 0 Å².